The zero-order chi connectivity index (χ0) is 4.50. The van der Waals surface area contributed by atoms with E-state index in [1.807, 2.05) is 0 Å². The summed E-state index contributed by atoms with van der Waals surface area (Å²) in [7, 11) is 17.1. The van der Waals surface area contributed by atoms with Gasteiger partial charge in [0.25, 0.3) is 0 Å². The van der Waals surface area contributed by atoms with Crippen molar-refractivity contribution in [3.05, 3.63) is 0 Å². The van der Waals surface area contributed by atoms with Crippen molar-refractivity contribution < 1.29 is 42.2 Å². The van der Waals surface area contributed by atoms with E-state index < -0.39 is 9.39 Å². The van der Waals surface area contributed by atoms with Gasteiger partial charge in [-0.15, -0.1) is 0 Å². The molecule has 0 bridgehead atoms. The molecule has 6 nitrogen and oxygen atoms in total. The van der Waals surface area contributed by atoms with E-state index in [9.17, 15) is 0 Å². The molecule has 82 valence electrons. The van der Waals surface area contributed by atoms with Crippen LogP contribution in [0.5, 0.6) is 0 Å². The van der Waals surface area contributed by atoms with Crippen LogP contribution in [0.3, 0.4) is 0 Å². The summed E-state index contributed by atoms with van der Waals surface area (Å²) in [5, 5.41) is 0. The molecular formula is H12Cl4CrO6. The molecule has 0 amide bonds. The van der Waals surface area contributed by atoms with Crippen molar-refractivity contribution in [3.63, 3.8) is 0 Å². The molecule has 0 spiro atoms. The Morgan fingerprint density at radius 1 is 0.455 bits per heavy atom. The maximum atomic E-state index is 4.98. The van der Waals surface area contributed by atoms with Crippen molar-refractivity contribution in [2.24, 2.45) is 0 Å². The van der Waals surface area contributed by atoms with Crippen LogP contribution in [0.1, 0.15) is 0 Å². The first-order chi connectivity index (χ1) is 2.00. The first-order valence-electron chi connectivity index (χ1n) is 0.617. The summed E-state index contributed by atoms with van der Waals surface area (Å²) in [5.74, 6) is 0. The van der Waals surface area contributed by atoms with Crippen LogP contribution in [0.25, 0.3) is 0 Å². The van der Waals surface area contributed by atoms with Crippen LogP contribution in [0.4, 0.5) is 0 Å². The van der Waals surface area contributed by atoms with Crippen LogP contribution >= 0.6 is 40.2 Å². The number of hydrogen-bond donors (Lipinski definition) is 0. The van der Waals surface area contributed by atoms with Gasteiger partial charge < -0.3 is 32.9 Å². The minimum atomic E-state index is -2.86. The fraction of sp³-hybridized carbons (Fsp3) is 0. The fourth-order valence-electron chi connectivity index (χ4n) is 0. The third kappa shape index (κ3) is 485. The molecule has 0 aromatic carbocycles. The summed E-state index contributed by atoms with van der Waals surface area (Å²) < 4.78 is 0. The van der Waals surface area contributed by atoms with Gasteiger partial charge in [0.15, 0.2) is 0 Å². The van der Waals surface area contributed by atoms with Gasteiger partial charge in [0, 0.05) is 0 Å². The summed E-state index contributed by atoms with van der Waals surface area (Å²) in [4.78, 5) is 0. The second-order valence-corrected chi connectivity index (χ2v) is 13.0. The van der Waals surface area contributed by atoms with Gasteiger partial charge in [-0.2, -0.15) is 0 Å². The first-order valence-corrected chi connectivity index (χ1v) is 7.63. The molecule has 0 radical (unpaired) electrons. The standard InChI is InChI=1S/4ClH.Cr.6H2O/h4*1H;;6*1H2/q;;;;+4;;;;;;/p-4. The Bertz CT molecular complexity index is 30.1. The van der Waals surface area contributed by atoms with Crippen LogP contribution in [0, 0.1) is 0 Å². The molecule has 0 rings (SSSR count). The monoisotopic (exact) mass is 300 g/mol. The molecule has 0 atom stereocenters. The SMILES string of the molecule is O.O.O.O.O.O.[Cl][Cr]([Cl])([Cl])[Cl]. The molecule has 0 unspecified atom stereocenters. The Balaban J connectivity index is -0.00000000533. The van der Waals surface area contributed by atoms with E-state index in [-0.39, 0.29) is 32.9 Å². The fourth-order valence-corrected chi connectivity index (χ4v) is 0. The predicted molar refractivity (Wildman–Crippen MR) is 45.1 cm³/mol. The summed E-state index contributed by atoms with van der Waals surface area (Å²) in [6, 6.07) is 0. The van der Waals surface area contributed by atoms with E-state index in [1.165, 1.54) is 0 Å². The molecule has 0 aliphatic rings. The topological polar surface area (TPSA) is 189 Å². The van der Waals surface area contributed by atoms with Gasteiger partial charge in [-0.3, -0.25) is 0 Å². The molecule has 0 aromatic rings. The van der Waals surface area contributed by atoms with E-state index in [0.717, 1.165) is 0 Å². The molecule has 0 heterocycles. The quantitative estimate of drug-likeness (QED) is 0.470. The maximum absolute atomic E-state index is 4.98. The molecule has 12 N–H and O–H groups in total. The van der Waals surface area contributed by atoms with Crippen molar-refractivity contribution in [1.29, 1.82) is 0 Å². The Hall–Kier alpha value is 1.45. The molecule has 0 saturated carbocycles. The summed E-state index contributed by atoms with van der Waals surface area (Å²) >= 11 is 0. The molecule has 0 aliphatic carbocycles. The minimum absolute atomic E-state index is 0. The van der Waals surface area contributed by atoms with Gasteiger partial charge in [0.1, 0.15) is 0 Å². The van der Waals surface area contributed by atoms with Gasteiger partial charge >= 0.3 is 49.6 Å². The predicted octanol–water partition coefficient (Wildman–Crippen LogP) is -2.19. The average Bonchev–Trinajstić information content (AvgIpc) is 0.722. The molecule has 11 heteroatoms. The van der Waals surface area contributed by atoms with Crippen molar-refractivity contribution in [1.82, 2.24) is 0 Å². The van der Waals surface area contributed by atoms with Crippen LogP contribution < -0.4 is 0 Å². The Labute approximate surface area is 82.3 Å². The zero-order valence-corrected chi connectivity index (χ0v) is 9.22. The normalized spacial score (nSPS) is 6.91. The van der Waals surface area contributed by atoms with Gasteiger partial charge in [0.2, 0.25) is 0 Å². The van der Waals surface area contributed by atoms with Crippen molar-refractivity contribution in [3.8, 4) is 0 Å². The second kappa shape index (κ2) is 22.5. The van der Waals surface area contributed by atoms with Gasteiger partial charge in [-0.1, -0.05) is 0 Å². The summed E-state index contributed by atoms with van der Waals surface area (Å²) in [6.45, 7) is 0. The van der Waals surface area contributed by atoms with Crippen molar-refractivity contribution >= 4 is 40.2 Å². The number of rotatable bonds is 0. The summed E-state index contributed by atoms with van der Waals surface area (Å²) in [5.41, 5.74) is 0. The van der Waals surface area contributed by atoms with Gasteiger partial charge in [-0.05, 0) is 0 Å². The van der Waals surface area contributed by atoms with E-state index in [2.05, 4.69) is 0 Å². The van der Waals surface area contributed by atoms with Crippen LogP contribution in [0.15, 0.2) is 0 Å². The Morgan fingerprint density at radius 3 is 0.455 bits per heavy atom. The van der Waals surface area contributed by atoms with Crippen molar-refractivity contribution in [2.75, 3.05) is 0 Å². The molecular weight excluding hydrogens is 290 g/mol. The molecule has 0 saturated heterocycles. The van der Waals surface area contributed by atoms with E-state index in [4.69, 9.17) is 40.2 Å². The second-order valence-electron chi connectivity index (χ2n) is 0.350. The number of halogens is 4. The Morgan fingerprint density at radius 2 is 0.455 bits per heavy atom. The molecule has 11 heavy (non-hydrogen) atoms. The Kier molecular flexibility index (Phi) is 113. The molecule has 0 fully saturated rings. The summed E-state index contributed by atoms with van der Waals surface area (Å²) in [6.07, 6.45) is 0. The van der Waals surface area contributed by atoms with E-state index in [1.54, 1.807) is 0 Å². The molecule has 0 aromatic heterocycles. The third-order valence-corrected chi connectivity index (χ3v) is 0. The van der Waals surface area contributed by atoms with Crippen LogP contribution in [-0.4, -0.2) is 32.9 Å². The third-order valence-electron chi connectivity index (χ3n) is 0. The number of hydrogen-bond acceptors (Lipinski definition) is 0. The van der Waals surface area contributed by atoms with Crippen LogP contribution in [-0.2, 0) is 9.39 Å². The first kappa shape index (κ1) is 54.9. The van der Waals surface area contributed by atoms with Gasteiger partial charge in [0.05, 0.1) is 0 Å². The van der Waals surface area contributed by atoms with Crippen LogP contribution in [0.2, 0.25) is 0 Å². The van der Waals surface area contributed by atoms with E-state index >= 15 is 0 Å². The van der Waals surface area contributed by atoms with E-state index in [0.29, 0.717) is 0 Å². The van der Waals surface area contributed by atoms with Gasteiger partial charge in [-0.25, -0.2) is 0 Å². The average molecular weight is 302 g/mol. The molecule has 0 aliphatic heterocycles. The zero-order valence-electron chi connectivity index (χ0n) is 4.92. The van der Waals surface area contributed by atoms with Crippen molar-refractivity contribution in [2.45, 2.75) is 0 Å².